The Balaban J connectivity index is 1.90. The molecule has 0 aliphatic rings. The summed E-state index contributed by atoms with van der Waals surface area (Å²) in [4.78, 5) is 1.61. The first-order valence-electron chi connectivity index (χ1n) is 7.45. The molecular weight excluding hydrogens is 278 g/mol. The van der Waals surface area contributed by atoms with Crippen LogP contribution < -0.4 is 9.47 Å². The molecule has 5 nitrogen and oxygen atoms in total. The average Bonchev–Trinajstić information content (AvgIpc) is 2.99. The lowest BCUT2D eigenvalue weighted by atomic mass is 10.3. The third-order valence-electron chi connectivity index (χ3n) is 3.42. The van der Waals surface area contributed by atoms with Gasteiger partial charge in [0.05, 0.1) is 19.4 Å². The van der Waals surface area contributed by atoms with Gasteiger partial charge in [0, 0.05) is 6.07 Å². The number of hydrogen-bond acceptors (Lipinski definition) is 4. The Bertz CT molecular complexity index is 734. The quantitative estimate of drug-likeness (QED) is 0.652. The number of nitrogens with zero attached hydrogens (tertiary/aromatic N) is 3. The summed E-state index contributed by atoms with van der Waals surface area (Å²) in [5, 5.41) is 8.95. The van der Waals surface area contributed by atoms with E-state index in [-0.39, 0.29) is 0 Å². The van der Waals surface area contributed by atoms with Crippen LogP contribution in [0.3, 0.4) is 0 Å². The Morgan fingerprint density at radius 3 is 2.36 bits per heavy atom. The van der Waals surface area contributed by atoms with Gasteiger partial charge in [-0.2, -0.15) is 4.80 Å². The summed E-state index contributed by atoms with van der Waals surface area (Å²) in [5.41, 5.74) is 2.57. The lowest BCUT2D eigenvalue weighted by Gasteiger charge is -2.11. The Morgan fingerprint density at radius 2 is 1.73 bits per heavy atom. The van der Waals surface area contributed by atoms with Crippen LogP contribution in [0.2, 0.25) is 0 Å². The molecule has 0 unspecified atom stereocenters. The number of benzene rings is 2. The summed E-state index contributed by atoms with van der Waals surface area (Å²) >= 11 is 0. The van der Waals surface area contributed by atoms with Crippen molar-refractivity contribution in [1.29, 1.82) is 0 Å². The molecule has 2 aromatic carbocycles. The largest absolute Gasteiger partial charge is 0.493 e. The lowest BCUT2D eigenvalue weighted by Crippen LogP contribution is -2.02. The van der Waals surface area contributed by atoms with Crippen LogP contribution in [0, 0.1) is 0 Å². The Kier molecular flexibility index (Phi) is 4.23. The van der Waals surface area contributed by atoms with E-state index < -0.39 is 0 Å². The fourth-order valence-corrected chi connectivity index (χ4v) is 2.20. The summed E-state index contributed by atoms with van der Waals surface area (Å²) in [6.07, 6.45) is 2.13. The standard InChI is InChI=1S/C17H19N3O2/c1-3-4-11-22-16-10-9-13(12-17(16)21-2)20-18-14-7-5-6-8-15(14)19-20/h5-10,12H,3-4,11H2,1-2H3. The van der Waals surface area contributed by atoms with Crippen molar-refractivity contribution < 1.29 is 9.47 Å². The van der Waals surface area contributed by atoms with Gasteiger partial charge in [-0.25, -0.2) is 0 Å². The average molecular weight is 297 g/mol. The van der Waals surface area contributed by atoms with Crippen LogP contribution in [0.25, 0.3) is 16.7 Å². The van der Waals surface area contributed by atoms with E-state index in [1.807, 2.05) is 42.5 Å². The van der Waals surface area contributed by atoms with Crippen LogP contribution in [-0.2, 0) is 0 Å². The number of fused-ring (bicyclic) bond motifs is 1. The highest BCUT2D eigenvalue weighted by molar-refractivity contribution is 5.73. The minimum atomic E-state index is 0.690. The molecular formula is C17H19N3O2. The maximum Gasteiger partial charge on any atom is 0.162 e. The monoisotopic (exact) mass is 297 g/mol. The molecule has 0 aliphatic heterocycles. The molecule has 22 heavy (non-hydrogen) atoms. The summed E-state index contributed by atoms with van der Waals surface area (Å²) in [6, 6.07) is 13.5. The van der Waals surface area contributed by atoms with Crippen molar-refractivity contribution in [3.8, 4) is 17.2 Å². The second-order valence-electron chi connectivity index (χ2n) is 5.02. The molecule has 0 radical (unpaired) electrons. The lowest BCUT2D eigenvalue weighted by molar-refractivity contribution is 0.288. The summed E-state index contributed by atoms with van der Waals surface area (Å²) < 4.78 is 11.2. The normalized spacial score (nSPS) is 10.8. The molecule has 1 heterocycles. The van der Waals surface area contributed by atoms with Gasteiger partial charge < -0.3 is 9.47 Å². The van der Waals surface area contributed by atoms with Crippen LogP contribution in [-0.4, -0.2) is 28.7 Å². The van der Waals surface area contributed by atoms with Crippen molar-refractivity contribution in [3.63, 3.8) is 0 Å². The summed E-state index contributed by atoms with van der Waals surface area (Å²) in [5.74, 6) is 1.44. The van der Waals surface area contributed by atoms with E-state index in [2.05, 4.69) is 17.1 Å². The first-order chi connectivity index (χ1) is 10.8. The van der Waals surface area contributed by atoms with Crippen molar-refractivity contribution in [1.82, 2.24) is 15.0 Å². The summed E-state index contributed by atoms with van der Waals surface area (Å²) in [7, 11) is 1.64. The fourth-order valence-electron chi connectivity index (χ4n) is 2.20. The highest BCUT2D eigenvalue weighted by Crippen LogP contribution is 2.29. The Labute approximate surface area is 129 Å². The van der Waals surface area contributed by atoms with Crippen molar-refractivity contribution in [3.05, 3.63) is 42.5 Å². The molecule has 0 fully saturated rings. The first-order valence-corrected chi connectivity index (χ1v) is 7.45. The second kappa shape index (κ2) is 6.47. The highest BCUT2D eigenvalue weighted by Gasteiger charge is 2.09. The molecule has 0 saturated carbocycles. The molecule has 0 aliphatic carbocycles. The highest BCUT2D eigenvalue weighted by atomic mass is 16.5. The van der Waals surface area contributed by atoms with Gasteiger partial charge in [-0.1, -0.05) is 25.5 Å². The molecule has 0 atom stereocenters. The number of aromatic nitrogens is 3. The van der Waals surface area contributed by atoms with E-state index in [0.717, 1.165) is 35.3 Å². The van der Waals surface area contributed by atoms with Gasteiger partial charge in [0.15, 0.2) is 11.5 Å². The van der Waals surface area contributed by atoms with Gasteiger partial charge in [-0.3, -0.25) is 0 Å². The Morgan fingerprint density at radius 1 is 1.00 bits per heavy atom. The van der Waals surface area contributed by atoms with E-state index in [9.17, 15) is 0 Å². The van der Waals surface area contributed by atoms with Crippen molar-refractivity contribution in [2.75, 3.05) is 13.7 Å². The van der Waals surface area contributed by atoms with Crippen LogP contribution in [0.5, 0.6) is 11.5 Å². The van der Waals surface area contributed by atoms with Gasteiger partial charge in [-0.15, -0.1) is 10.2 Å². The molecule has 0 amide bonds. The van der Waals surface area contributed by atoms with Gasteiger partial charge in [0.1, 0.15) is 11.0 Å². The van der Waals surface area contributed by atoms with Crippen LogP contribution in [0.1, 0.15) is 19.8 Å². The minimum absolute atomic E-state index is 0.690. The maximum atomic E-state index is 5.74. The van der Waals surface area contributed by atoms with Gasteiger partial charge in [0.25, 0.3) is 0 Å². The molecule has 1 aromatic heterocycles. The zero-order chi connectivity index (χ0) is 15.4. The van der Waals surface area contributed by atoms with E-state index in [4.69, 9.17) is 9.47 Å². The van der Waals surface area contributed by atoms with Gasteiger partial charge in [0.2, 0.25) is 0 Å². The third-order valence-corrected chi connectivity index (χ3v) is 3.42. The minimum Gasteiger partial charge on any atom is -0.493 e. The van der Waals surface area contributed by atoms with E-state index >= 15 is 0 Å². The van der Waals surface area contributed by atoms with Crippen LogP contribution in [0.15, 0.2) is 42.5 Å². The maximum absolute atomic E-state index is 5.74. The SMILES string of the molecule is CCCCOc1ccc(-n2nc3ccccc3n2)cc1OC. The fraction of sp³-hybridized carbons (Fsp3) is 0.294. The van der Waals surface area contributed by atoms with Crippen molar-refractivity contribution in [2.24, 2.45) is 0 Å². The molecule has 3 aromatic rings. The third kappa shape index (κ3) is 2.88. The smallest absolute Gasteiger partial charge is 0.162 e. The molecule has 0 bridgehead atoms. The number of rotatable bonds is 6. The van der Waals surface area contributed by atoms with Crippen molar-refractivity contribution in [2.45, 2.75) is 19.8 Å². The van der Waals surface area contributed by atoms with E-state index in [1.54, 1.807) is 11.9 Å². The predicted octanol–water partition coefficient (Wildman–Crippen LogP) is 3.61. The predicted molar refractivity (Wildman–Crippen MR) is 85.8 cm³/mol. The van der Waals surface area contributed by atoms with Crippen molar-refractivity contribution >= 4 is 11.0 Å². The topological polar surface area (TPSA) is 49.2 Å². The Hall–Kier alpha value is -2.56. The van der Waals surface area contributed by atoms with E-state index in [1.165, 1.54) is 0 Å². The molecule has 114 valence electrons. The molecule has 0 spiro atoms. The summed E-state index contributed by atoms with van der Waals surface area (Å²) in [6.45, 7) is 2.83. The molecule has 0 N–H and O–H groups in total. The number of ether oxygens (including phenoxy) is 2. The van der Waals surface area contributed by atoms with Crippen LogP contribution >= 0.6 is 0 Å². The second-order valence-corrected chi connectivity index (χ2v) is 5.02. The van der Waals surface area contributed by atoms with Gasteiger partial charge >= 0.3 is 0 Å². The number of hydrogen-bond donors (Lipinski definition) is 0. The molecule has 5 heteroatoms. The molecule has 0 saturated heterocycles. The zero-order valence-corrected chi connectivity index (χ0v) is 12.8. The van der Waals surface area contributed by atoms with Gasteiger partial charge in [-0.05, 0) is 30.7 Å². The molecule has 3 rings (SSSR count). The number of unbranched alkanes of at least 4 members (excludes halogenated alkanes) is 1. The number of methoxy groups -OCH3 is 1. The zero-order valence-electron chi connectivity index (χ0n) is 12.8. The van der Waals surface area contributed by atoms with Crippen LogP contribution in [0.4, 0.5) is 0 Å². The first kappa shape index (κ1) is 14.4. The van der Waals surface area contributed by atoms with E-state index in [0.29, 0.717) is 12.4 Å².